The standard InChI is InChI=1S/C15H24N4O2/c1-11(20)9-16-6-7-17-15(21)8-14-13-5-3-2-4-12(13)10-18-19-14/h10-11,16,20H,2-9H2,1H3,(H,17,21). The summed E-state index contributed by atoms with van der Waals surface area (Å²) >= 11 is 0. The third kappa shape index (κ3) is 5.06. The number of hydrogen-bond acceptors (Lipinski definition) is 5. The molecule has 21 heavy (non-hydrogen) atoms. The molecule has 3 N–H and O–H groups in total. The van der Waals surface area contributed by atoms with Gasteiger partial charge in [0.2, 0.25) is 5.91 Å². The number of nitrogens with zero attached hydrogens (tertiary/aromatic N) is 2. The number of aliphatic hydroxyl groups excluding tert-OH is 1. The van der Waals surface area contributed by atoms with Crippen molar-refractivity contribution in [3.8, 4) is 0 Å². The number of aliphatic hydroxyl groups is 1. The molecule has 1 heterocycles. The van der Waals surface area contributed by atoms with E-state index in [2.05, 4.69) is 20.8 Å². The largest absolute Gasteiger partial charge is 0.392 e. The summed E-state index contributed by atoms with van der Waals surface area (Å²) in [5.41, 5.74) is 3.29. The second-order valence-electron chi connectivity index (χ2n) is 5.58. The zero-order valence-electron chi connectivity index (χ0n) is 12.6. The van der Waals surface area contributed by atoms with Gasteiger partial charge in [0.25, 0.3) is 0 Å². The van der Waals surface area contributed by atoms with Crippen molar-refractivity contribution < 1.29 is 9.90 Å². The van der Waals surface area contributed by atoms with Gasteiger partial charge in [-0.2, -0.15) is 10.2 Å². The van der Waals surface area contributed by atoms with Gasteiger partial charge in [0.05, 0.1) is 24.4 Å². The number of carbonyl (C=O) groups excluding carboxylic acids is 1. The van der Waals surface area contributed by atoms with Crippen LogP contribution in [0.25, 0.3) is 0 Å². The fourth-order valence-electron chi connectivity index (χ4n) is 2.59. The lowest BCUT2D eigenvalue weighted by Crippen LogP contribution is -2.35. The van der Waals surface area contributed by atoms with E-state index in [4.69, 9.17) is 5.11 Å². The fraction of sp³-hybridized carbons (Fsp3) is 0.667. The first kappa shape index (κ1) is 15.9. The van der Waals surface area contributed by atoms with Gasteiger partial charge >= 0.3 is 0 Å². The van der Waals surface area contributed by atoms with Gasteiger partial charge in [0, 0.05) is 19.6 Å². The number of carbonyl (C=O) groups is 1. The average molecular weight is 292 g/mol. The molecule has 1 amide bonds. The molecule has 6 nitrogen and oxygen atoms in total. The first-order chi connectivity index (χ1) is 10.2. The van der Waals surface area contributed by atoms with Crippen LogP contribution < -0.4 is 10.6 Å². The SMILES string of the molecule is CC(O)CNCCNC(=O)Cc1nncc2c1CCCC2. The second kappa shape index (κ2) is 8.05. The van der Waals surface area contributed by atoms with Crippen LogP contribution in [0.1, 0.15) is 36.6 Å². The molecule has 1 aliphatic carbocycles. The highest BCUT2D eigenvalue weighted by Gasteiger charge is 2.16. The summed E-state index contributed by atoms with van der Waals surface area (Å²) in [4.78, 5) is 11.9. The van der Waals surface area contributed by atoms with Crippen LogP contribution in [0.3, 0.4) is 0 Å². The van der Waals surface area contributed by atoms with Crippen LogP contribution >= 0.6 is 0 Å². The monoisotopic (exact) mass is 292 g/mol. The maximum Gasteiger partial charge on any atom is 0.226 e. The molecule has 1 aliphatic rings. The minimum absolute atomic E-state index is 0.0258. The van der Waals surface area contributed by atoms with Gasteiger partial charge in [-0.15, -0.1) is 0 Å². The molecule has 0 saturated heterocycles. The number of rotatable bonds is 7. The number of hydrogen-bond donors (Lipinski definition) is 3. The first-order valence-corrected chi connectivity index (χ1v) is 7.64. The summed E-state index contributed by atoms with van der Waals surface area (Å²) in [5, 5.41) is 23.2. The Bertz CT molecular complexity index is 477. The van der Waals surface area contributed by atoms with E-state index in [1.54, 1.807) is 6.92 Å². The molecular formula is C15H24N4O2. The van der Waals surface area contributed by atoms with Crippen LogP contribution in [0.2, 0.25) is 0 Å². The van der Waals surface area contributed by atoms with Crippen molar-refractivity contribution in [1.82, 2.24) is 20.8 Å². The van der Waals surface area contributed by atoms with Crippen LogP contribution in [0.5, 0.6) is 0 Å². The number of aryl methyl sites for hydroxylation is 1. The number of nitrogens with one attached hydrogen (secondary N) is 2. The summed E-state index contributed by atoms with van der Waals surface area (Å²) in [5.74, 6) is -0.0258. The quantitative estimate of drug-likeness (QED) is 0.615. The summed E-state index contributed by atoms with van der Waals surface area (Å²) in [6.07, 6.45) is 6.16. The summed E-state index contributed by atoms with van der Waals surface area (Å²) in [7, 11) is 0. The highest BCUT2D eigenvalue weighted by atomic mass is 16.3. The Hall–Kier alpha value is -1.53. The first-order valence-electron chi connectivity index (χ1n) is 7.64. The summed E-state index contributed by atoms with van der Waals surface area (Å²) in [6.45, 7) is 3.46. The van der Waals surface area contributed by atoms with E-state index in [-0.39, 0.29) is 12.0 Å². The predicted octanol–water partition coefficient (Wildman–Crippen LogP) is -0.0155. The number of amides is 1. The Morgan fingerprint density at radius 1 is 1.38 bits per heavy atom. The molecule has 0 bridgehead atoms. The molecule has 0 aromatic carbocycles. The Morgan fingerprint density at radius 3 is 3.00 bits per heavy atom. The maximum atomic E-state index is 11.9. The van der Waals surface area contributed by atoms with Gasteiger partial charge in [-0.25, -0.2) is 0 Å². The topological polar surface area (TPSA) is 87.1 Å². The van der Waals surface area contributed by atoms with Gasteiger partial charge in [-0.3, -0.25) is 4.79 Å². The van der Waals surface area contributed by atoms with E-state index in [0.29, 0.717) is 26.1 Å². The molecule has 0 spiro atoms. The predicted molar refractivity (Wildman–Crippen MR) is 79.9 cm³/mol. The van der Waals surface area contributed by atoms with Gasteiger partial charge in [0.1, 0.15) is 0 Å². The highest BCUT2D eigenvalue weighted by Crippen LogP contribution is 2.22. The van der Waals surface area contributed by atoms with E-state index in [0.717, 1.165) is 25.0 Å². The molecule has 0 aliphatic heterocycles. The van der Waals surface area contributed by atoms with Gasteiger partial charge < -0.3 is 15.7 Å². The Balaban J connectivity index is 1.78. The fourth-order valence-corrected chi connectivity index (χ4v) is 2.59. The van der Waals surface area contributed by atoms with E-state index >= 15 is 0 Å². The third-order valence-electron chi connectivity index (χ3n) is 3.64. The lowest BCUT2D eigenvalue weighted by Gasteiger charge is -2.17. The minimum atomic E-state index is -0.369. The lowest BCUT2D eigenvalue weighted by molar-refractivity contribution is -0.120. The van der Waals surface area contributed by atoms with Crippen molar-refractivity contribution in [3.63, 3.8) is 0 Å². The van der Waals surface area contributed by atoms with Crippen LogP contribution in [0.15, 0.2) is 6.20 Å². The molecule has 1 unspecified atom stereocenters. The van der Waals surface area contributed by atoms with Crippen molar-refractivity contribution >= 4 is 5.91 Å². The summed E-state index contributed by atoms with van der Waals surface area (Å²) in [6, 6.07) is 0. The molecule has 0 radical (unpaired) electrons. The molecule has 1 aromatic rings. The van der Waals surface area contributed by atoms with Crippen LogP contribution in [0, 0.1) is 0 Å². The number of fused-ring (bicyclic) bond motifs is 1. The maximum absolute atomic E-state index is 11.9. The molecule has 6 heteroatoms. The zero-order valence-corrected chi connectivity index (χ0v) is 12.6. The van der Waals surface area contributed by atoms with Crippen molar-refractivity contribution in [2.24, 2.45) is 0 Å². The molecule has 1 aromatic heterocycles. The van der Waals surface area contributed by atoms with Gasteiger partial charge in [0.15, 0.2) is 0 Å². The third-order valence-corrected chi connectivity index (χ3v) is 3.64. The molecule has 116 valence electrons. The zero-order chi connectivity index (χ0) is 15.1. The normalized spacial score (nSPS) is 15.3. The Morgan fingerprint density at radius 2 is 2.19 bits per heavy atom. The van der Waals surface area contributed by atoms with Crippen LogP contribution in [-0.4, -0.2) is 46.9 Å². The molecular weight excluding hydrogens is 268 g/mol. The van der Waals surface area contributed by atoms with E-state index in [9.17, 15) is 4.79 Å². The van der Waals surface area contributed by atoms with E-state index in [1.807, 2.05) is 6.20 Å². The van der Waals surface area contributed by atoms with Gasteiger partial charge in [-0.1, -0.05) is 0 Å². The molecule has 1 atom stereocenters. The number of aromatic nitrogens is 2. The molecule has 0 saturated carbocycles. The minimum Gasteiger partial charge on any atom is -0.392 e. The average Bonchev–Trinajstić information content (AvgIpc) is 2.47. The Kier molecular flexibility index (Phi) is 6.07. The van der Waals surface area contributed by atoms with Crippen molar-refractivity contribution in [2.45, 2.75) is 45.1 Å². The van der Waals surface area contributed by atoms with Crippen molar-refractivity contribution in [2.75, 3.05) is 19.6 Å². The summed E-state index contributed by atoms with van der Waals surface area (Å²) < 4.78 is 0. The van der Waals surface area contributed by atoms with Crippen molar-refractivity contribution in [3.05, 3.63) is 23.0 Å². The lowest BCUT2D eigenvalue weighted by atomic mass is 9.91. The smallest absolute Gasteiger partial charge is 0.226 e. The molecule has 2 rings (SSSR count). The van der Waals surface area contributed by atoms with Crippen LogP contribution in [-0.2, 0) is 24.1 Å². The Labute approximate surface area is 125 Å². The second-order valence-corrected chi connectivity index (χ2v) is 5.58. The molecule has 0 fully saturated rings. The van der Waals surface area contributed by atoms with Crippen molar-refractivity contribution in [1.29, 1.82) is 0 Å². The highest BCUT2D eigenvalue weighted by molar-refractivity contribution is 5.78. The van der Waals surface area contributed by atoms with Crippen LogP contribution in [0.4, 0.5) is 0 Å². The van der Waals surface area contributed by atoms with E-state index in [1.165, 1.54) is 17.5 Å². The van der Waals surface area contributed by atoms with Gasteiger partial charge in [-0.05, 0) is 43.7 Å². The van der Waals surface area contributed by atoms with E-state index < -0.39 is 0 Å².